The summed E-state index contributed by atoms with van der Waals surface area (Å²) in [6, 6.07) is 6.97. The molecule has 0 radical (unpaired) electrons. The van der Waals surface area contributed by atoms with E-state index in [-0.39, 0.29) is 11.9 Å². The molecule has 0 aliphatic carbocycles. The average Bonchev–Trinajstić information content (AvgIpc) is 2.67. The number of aliphatic imine (C=N–C) groups is 1. The zero-order valence-electron chi connectivity index (χ0n) is 7.68. The van der Waals surface area contributed by atoms with Crippen molar-refractivity contribution in [2.45, 2.75) is 6.10 Å². The van der Waals surface area contributed by atoms with Crippen LogP contribution in [-0.4, -0.2) is 30.2 Å². The van der Waals surface area contributed by atoms with E-state index >= 15 is 0 Å². The Bertz CT molecular complexity index is 363. The Hall–Kier alpha value is -1.55. The summed E-state index contributed by atoms with van der Waals surface area (Å²) in [7, 11) is 0. The molecule has 0 spiro atoms. The minimum Gasteiger partial charge on any atom is -0.507 e. The lowest BCUT2D eigenvalue weighted by Gasteiger charge is -2.08. The molecule has 1 atom stereocenters. The van der Waals surface area contributed by atoms with Crippen molar-refractivity contribution in [1.29, 1.82) is 0 Å². The van der Waals surface area contributed by atoms with E-state index in [1.54, 1.807) is 18.2 Å². The third-order valence-corrected chi connectivity index (χ3v) is 2.11. The molecule has 3 N–H and O–H groups in total. The van der Waals surface area contributed by atoms with E-state index < -0.39 is 0 Å². The first-order chi connectivity index (χ1) is 6.81. The summed E-state index contributed by atoms with van der Waals surface area (Å²) in [4.78, 5) is 4.17. The molecule has 1 aliphatic rings. The van der Waals surface area contributed by atoms with Crippen molar-refractivity contribution in [3.8, 4) is 5.75 Å². The molecule has 0 fully saturated rings. The van der Waals surface area contributed by atoms with Crippen molar-refractivity contribution in [2.75, 3.05) is 13.1 Å². The van der Waals surface area contributed by atoms with Crippen molar-refractivity contribution >= 4 is 5.90 Å². The Kier molecular flexibility index (Phi) is 2.37. The number of hydrogen-bond donors (Lipinski definition) is 2. The predicted molar refractivity (Wildman–Crippen MR) is 53.4 cm³/mol. The Labute approximate surface area is 82.0 Å². The van der Waals surface area contributed by atoms with Gasteiger partial charge >= 0.3 is 0 Å². The van der Waals surface area contributed by atoms with E-state index in [1.165, 1.54) is 0 Å². The lowest BCUT2D eigenvalue weighted by molar-refractivity contribution is 0.233. The summed E-state index contributed by atoms with van der Waals surface area (Å²) in [5.41, 5.74) is 6.08. The number of benzene rings is 1. The van der Waals surface area contributed by atoms with Crippen LogP contribution < -0.4 is 5.73 Å². The topological polar surface area (TPSA) is 67.8 Å². The van der Waals surface area contributed by atoms with Gasteiger partial charge in [0.25, 0.3) is 0 Å². The predicted octanol–water partition coefficient (Wildman–Crippen LogP) is 0.496. The summed E-state index contributed by atoms with van der Waals surface area (Å²) in [5.74, 6) is 0.669. The van der Waals surface area contributed by atoms with Crippen LogP contribution in [0.4, 0.5) is 0 Å². The third kappa shape index (κ3) is 1.56. The molecule has 1 aromatic carbocycles. The number of aromatic hydroxyl groups is 1. The molecule has 1 heterocycles. The quantitative estimate of drug-likeness (QED) is 0.716. The number of para-hydroxylation sites is 1. The van der Waals surface area contributed by atoms with Crippen molar-refractivity contribution in [1.82, 2.24) is 0 Å². The maximum Gasteiger partial charge on any atom is 0.220 e. The molecule has 0 aromatic heterocycles. The minimum atomic E-state index is -0.0513. The third-order valence-electron chi connectivity index (χ3n) is 2.11. The van der Waals surface area contributed by atoms with Crippen molar-refractivity contribution in [2.24, 2.45) is 10.7 Å². The number of nitrogens with zero attached hydrogens (tertiary/aromatic N) is 1. The van der Waals surface area contributed by atoms with Crippen LogP contribution in [0, 0.1) is 0 Å². The van der Waals surface area contributed by atoms with Crippen molar-refractivity contribution in [3.63, 3.8) is 0 Å². The second-order valence-electron chi connectivity index (χ2n) is 3.14. The first kappa shape index (κ1) is 9.02. The van der Waals surface area contributed by atoms with Gasteiger partial charge in [-0.15, -0.1) is 0 Å². The van der Waals surface area contributed by atoms with E-state index in [0.29, 0.717) is 24.6 Å². The highest BCUT2D eigenvalue weighted by Crippen LogP contribution is 2.20. The van der Waals surface area contributed by atoms with Crippen LogP contribution >= 0.6 is 0 Å². The summed E-state index contributed by atoms with van der Waals surface area (Å²) in [6.07, 6.45) is -0.0513. The molecule has 0 bridgehead atoms. The molecular formula is C10H12N2O2. The standard InChI is InChI=1S/C10H12N2O2/c11-5-7-6-12-10(14-7)8-3-1-2-4-9(8)13/h1-4,7,13H,5-6,11H2. The Morgan fingerprint density at radius 1 is 1.50 bits per heavy atom. The van der Waals surface area contributed by atoms with Gasteiger partial charge in [-0.2, -0.15) is 0 Å². The van der Waals surface area contributed by atoms with Gasteiger partial charge in [-0.05, 0) is 12.1 Å². The fourth-order valence-corrected chi connectivity index (χ4v) is 1.34. The van der Waals surface area contributed by atoms with Crippen LogP contribution in [0.1, 0.15) is 5.56 Å². The zero-order chi connectivity index (χ0) is 9.97. The second-order valence-corrected chi connectivity index (χ2v) is 3.14. The van der Waals surface area contributed by atoms with E-state index in [2.05, 4.69) is 4.99 Å². The Balaban J connectivity index is 2.22. The van der Waals surface area contributed by atoms with E-state index in [0.717, 1.165) is 0 Å². The van der Waals surface area contributed by atoms with E-state index in [4.69, 9.17) is 10.5 Å². The van der Waals surface area contributed by atoms with Gasteiger partial charge in [-0.3, -0.25) is 0 Å². The molecule has 14 heavy (non-hydrogen) atoms. The first-order valence-corrected chi connectivity index (χ1v) is 4.51. The van der Waals surface area contributed by atoms with Crippen LogP contribution in [0.3, 0.4) is 0 Å². The van der Waals surface area contributed by atoms with Crippen LogP contribution in [0.2, 0.25) is 0 Å². The summed E-state index contributed by atoms with van der Waals surface area (Å²) in [6.45, 7) is 1.01. The van der Waals surface area contributed by atoms with Gasteiger partial charge < -0.3 is 15.6 Å². The van der Waals surface area contributed by atoms with Gasteiger partial charge in [0.1, 0.15) is 11.9 Å². The number of phenols is 1. The summed E-state index contributed by atoms with van der Waals surface area (Å²) >= 11 is 0. The number of ether oxygens (including phenoxy) is 1. The Morgan fingerprint density at radius 2 is 2.29 bits per heavy atom. The minimum absolute atomic E-state index is 0.0513. The summed E-state index contributed by atoms with van der Waals surface area (Å²) in [5, 5.41) is 9.54. The fraction of sp³-hybridized carbons (Fsp3) is 0.300. The molecule has 4 nitrogen and oxygen atoms in total. The largest absolute Gasteiger partial charge is 0.507 e. The van der Waals surface area contributed by atoms with Crippen molar-refractivity contribution < 1.29 is 9.84 Å². The first-order valence-electron chi connectivity index (χ1n) is 4.51. The second kappa shape index (κ2) is 3.67. The van der Waals surface area contributed by atoms with E-state index in [9.17, 15) is 5.11 Å². The Morgan fingerprint density at radius 3 is 2.93 bits per heavy atom. The maximum absolute atomic E-state index is 9.54. The fourth-order valence-electron chi connectivity index (χ4n) is 1.34. The van der Waals surface area contributed by atoms with Crippen LogP contribution in [0.5, 0.6) is 5.75 Å². The van der Waals surface area contributed by atoms with Crippen LogP contribution in [0.25, 0.3) is 0 Å². The van der Waals surface area contributed by atoms with E-state index in [1.807, 2.05) is 6.07 Å². The maximum atomic E-state index is 9.54. The van der Waals surface area contributed by atoms with Crippen LogP contribution in [-0.2, 0) is 4.74 Å². The van der Waals surface area contributed by atoms with Crippen LogP contribution in [0.15, 0.2) is 29.3 Å². The molecule has 1 aromatic rings. The summed E-state index contributed by atoms with van der Waals surface area (Å²) < 4.78 is 5.44. The number of phenolic OH excluding ortho intramolecular Hbond substituents is 1. The molecule has 4 heteroatoms. The lowest BCUT2D eigenvalue weighted by atomic mass is 10.2. The molecule has 0 saturated carbocycles. The highest BCUT2D eigenvalue weighted by Gasteiger charge is 2.21. The zero-order valence-corrected chi connectivity index (χ0v) is 7.68. The SMILES string of the molecule is NCC1CN=C(c2ccccc2O)O1. The average molecular weight is 192 g/mol. The van der Waals surface area contributed by atoms with Gasteiger partial charge in [-0.1, -0.05) is 12.1 Å². The number of rotatable bonds is 2. The molecule has 1 unspecified atom stereocenters. The van der Waals surface area contributed by atoms with Gasteiger partial charge in [0, 0.05) is 6.54 Å². The molecule has 1 aliphatic heterocycles. The molecule has 2 rings (SSSR count). The lowest BCUT2D eigenvalue weighted by Crippen LogP contribution is -2.23. The van der Waals surface area contributed by atoms with Gasteiger partial charge in [0.05, 0.1) is 12.1 Å². The van der Waals surface area contributed by atoms with Gasteiger partial charge in [-0.25, -0.2) is 4.99 Å². The molecule has 0 saturated heterocycles. The molecule has 74 valence electrons. The highest BCUT2D eigenvalue weighted by atomic mass is 16.5. The van der Waals surface area contributed by atoms with Gasteiger partial charge in [0.2, 0.25) is 5.90 Å². The number of nitrogens with two attached hydrogens (primary N) is 1. The monoisotopic (exact) mass is 192 g/mol. The molecule has 0 amide bonds. The molecular weight excluding hydrogens is 180 g/mol. The van der Waals surface area contributed by atoms with Crippen molar-refractivity contribution in [3.05, 3.63) is 29.8 Å². The van der Waals surface area contributed by atoms with Gasteiger partial charge in [0.15, 0.2) is 0 Å². The smallest absolute Gasteiger partial charge is 0.220 e. The number of hydrogen-bond acceptors (Lipinski definition) is 4. The normalized spacial score (nSPS) is 20.4. The highest BCUT2D eigenvalue weighted by molar-refractivity contribution is 5.97.